The molecular formula is C21H25ClN2O4S. The monoisotopic (exact) mass is 436 g/mol. The molecule has 1 saturated heterocycles. The van der Waals surface area contributed by atoms with Crippen molar-refractivity contribution in [2.24, 2.45) is 5.92 Å². The number of carbonyl (C=O) groups excluding carboxylic acids is 1. The molecule has 0 saturated carbocycles. The number of para-hydroxylation sites is 1. The van der Waals surface area contributed by atoms with Crippen molar-refractivity contribution in [3.63, 3.8) is 0 Å². The minimum atomic E-state index is -3.55. The van der Waals surface area contributed by atoms with E-state index in [2.05, 4.69) is 5.32 Å². The molecule has 1 N–H and O–H groups in total. The largest absolute Gasteiger partial charge is 0.496 e. The minimum absolute atomic E-state index is 0.145. The number of nitrogens with one attached hydrogen (secondary N) is 1. The zero-order chi connectivity index (χ0) is 20.9. The van der Waals surface area contributed by atoms with Gasteiger partial charge in [-0.25, -0.2) is 12.7 Å². The molecule has 156 valence electrons. The van der Waals surface area contributed by atoms with Gasteiger partial charge in [0.25, 0.3) is 0 Å². The van der Waals surface area contributed by atoms with Crippen molar-refractivity contribution in [3.8, 4) is 5.75 Å². The van der Waals surface area contributed by atoms with Crippen LogP contribution < -0.4 is 10.1 Å². The van der Waals surface area contributed by atoms with Crippen molar-refractivity contribution in [2.45, 2.75) is 25.1 Å². The maximum atomic E-state index is 12.9. The molecule has 0 spiro atoms. The summed E-state index contributed by atoms with van der Waals surface area (Å²) in [6, 6.07) is 14.4. The summed E-state index contributed by atoms with van der Waals surface area (Å²) >= 11 is 6.12. The number of halogens is 1. The topological polar surface area (TPSA) is 75.7 Å². The lowest BCUT2D eigenvalue weighted by molar-refractivity contribution is -0.126. The van der Waals surface area contributed by atoms with Crippen LogP contribution in [0.1, 0.15) is 24.0 Å². The third kappa shape index (κ3) is 5.50. The predicted molar refractivity (Wildman–Crippen MR) is 113 cm³/mol. The zero-order valence-corrected chi connectivity index (χ0v) is 17.9. The van der Waals surface area contributed by atoms with Gasteiger partial charge in [-0.05, 0) is 30.5 Å². The Balaban J connectivity index is 1.62. The minimum Gasteiger partial charge on any atom is -0.496 e. The molecule has 29 heavy (non-hydrogen) atoms. The summed E-state index contributed by atoms with van der Waals surface area (Å²) in [7, 11) is -1.97. The molecule has 1 heterocycles. The van der Waals surface area contributed by atoms with Gasteiger partial charge < -0.3 is 10.1 Å². The molecule has 0 aliphatic carbocycles. The van der Waals surface area contributed by atoms with E-state index >= 15 is 0 Å². The molecule has 2 aromatic carbocycles. The highest BCUT2D eigenvalue weighted by molar-refractivity contribution is 7.88. The van der Waals surface area contributed by atoms with Crippen LogP contribution in [0.25, 0.3) is 0 Å². The zero-order valence-electron chi connectivity index (χ0n) is 16.3. The van der Waals surface area contributed by atoms with E-state index in [1.807, 2.05) is 24.3 Å². The number of amides is 1. The molecule has 8 heteroatoms. The van der Waals surface area contributed by atoms with Crippen molar-refractivity contribution in [3.05, 3.63) is 64.7 Å². The highest BCUT2D eigenvalue weighted by Crippen LogP contribution is 2.24. The lowest BCUT2D eigenvalue weighted by atomic mass is 9.98. The molecule has 1 atom stereocenters. The third-order valence-corrected chi connectivity index (χ3v) is 7.25. The quantitative estimate of drug-likeness (QED) is 0.723. The SMILES string of the molecule is COc1ccccc1CNC(=O)[C@H]1CCCN(S(=O)(=O)Cc2ccccc2Cl)C1. The summed E-state index contributed by atoms with van der Waals surface area (Å²) in [5.41, 5.74) is 1.44. The molecule has 6 nitrogen and oxygen atoms in total. The van der Waals surface area contributed by atoms with Crippen LogP contribution in [-0.4, -0.2) is 38.8 Å². The fraction of sp³-hybridized carbons (Fsp3) is 0.381. The van der Waals surface area contributed by atoms with Crippen LogP contribution in [0.3, 0.4) is 0 Å². The number of ether oxygens (including phenoxy) is 1. The summed E-state index contributed by atoms with van der Waals surface area (Å²) in [4.78, 5) is 12.7. The number of carbonyl (C=O) groups is 1. The highest BCUT2D eigenvalue weighted by atomic mass is 35.5. The van der Waals surface area contributed by atoms with Gasteiger partial charge in [0, 0.05) is 30.2 Å². The Morgan fingerprint density at radius 3 is 2.59 bits per heavy atom. The van der Waals surface area contributed by atoms with Crippen LogP contribution in [0.4, 0.5) is 0 Å². The molecule has 0 radical (unpaired) electrons. The van der Waals surface area contributed by atoms with Crippen molar-refractivity contribution in [1.82, 2.24) is 9.62 Å². The van der Waals surface area contributed by atoms with Gasteiger partial charge in [0.2, 0.25) is 15.9 Å². The van der Waals surface area contributed by atoms with E-state index in [0.29, 0.717) is 42.3 Å². The molecule has 1 aliphatic heterocycles. The normalized spacial score (nSPS) is 17.7. The van der Waals surface area contributed by atoms with E-state index in [4.69, 9.17) is 16.3 Å². The molecule has 1 fully saturated rings. The molecule has 2 aromatic rings. The molecule has 1 aliphatic rings. The number of benzene rings is 2. The first kappa shape index (κ1) is 21.6. The lowest BCUT2D eigenvalue weighted by Gasteiger charge is -2.31. The Morgan fingerprint density at radius 2 is 1.86 bits per heavy atom. The molecule has 1 amide bonds. The third-order valence-electron chi connectivity index (χ3n) is 5.09. The van der Waals surface area contributed by atoms with E-state index < -0.39 is 10.0 Å². The first-order chi connectivity index (χ1) is 13.9. The van der Waals surface area contributed by atoms with Crippen LogP contribution in [0, 0.1) is 5.92 Å². The second-order valence-corrected chi connectivity index (χ2v) is 9.45. The number of sulfonamides is 1. The summed E-state index contributed by atoms with van der Waals surface area (Å²) in [6.45, 7) is 0.944. The number of piperidine rings is 1. The van der Waals surface area contributed by atoms with Gasteiger partial charge in [0.15, 0.2) is 0 Å². The second kappa shape index (κ2) is 9.61. The predicted octanol–water partition coefficient (Wildman–Crippen LogP) is 3.21. The number of hydrogen-bond acceptors (Lipinski definition) is 4. The molecule has 0 aromatic heterocycles. The molecule has 3 rings (SSSR count). The average Bonchev–Trinajstić information content (AvgIpc) is 2.74. The van der Waals surface area contributed by atoms with Gasteiger partial charge in [-0.1, -0.05) is 48.0 Å². The smallest absolute Gasteiger partial charge is 0.224 e. The first-order valence-corrected chi connectivity index (χ1v) is 11.5. The Kier molecular flexibility index (Phi) is 7.16. The van der Waals surface area contributed by atoms with Gasteiger partial charge in [-0.2, -0.15) is 0 Å². The number of hydrogen-bond donors (Lipinski definition) is 1. The Hall–Kier alpha value is -2.09. The fourth-order valence-electron chi connectivity index (χ4n) is 3.49. The molecule has 0 bridgehead atoms. The van der Waals surface area contributed by atoms with Crippen LogP contribution >= 0.6 is 11.6 Å². The van der Waals surface area contributed by atoms with Crippen molar-refractivity contribution in [2.75, 3.05) is 20.2 Å². The van der Waals surface area contributed by atoms with Crippen LogP contribution in [-0.2, 0) is 27.1 Å². The van der Waals surface area contributed by atoms with Gasteiger partial charge in [0.1, 0.15) is 5.75 Å². The van der Waals surface area contributed by atoms with Crippen molar-refractivity contribution in [1.29, 1.82) is 0 Å². The van der Waals surface area contributed by atoms with Crippen molar-refractivity contribution < 1.29 is 17.9 Å². The van der Waals surface area contributed by atoms with Gasteiger partial charge in [-0.15, -0.1) is 0 Å². The maximum Gasteiger partial charge on any atom is 0.224 e. The van der Waals surface area contributed by atoms with E-state index in [-0.39, 0.29) is 24.1 Å². The molecular weight excluding hydrogens is 412 g/mol. The number of rotatable bonds is 7. The van der Waals surface area contributed by atoms with E-state index in [1.165, 1.54) is 4.31 Å². The Labute approximate surface area is 176 Å². The first-order valence-electron chi connectivity index (χ1n) is 9.51. The maximum absolute atomic E-state index is 12.9. The van der Waals surface area contributed by atoms with Gasteiger partial charge in [0.05, 0.1) is 18.8 Å². The van der Waals surface area contributed by atoms with Gasteiger partial charge >= 0.3 is 0 Å². The average molecular weight is 437 g/mol. The second-order valence-electron chi connectivity index (χ2n) is 7.07. The van der Waals surface area contributed by atoms with Crippen molar-refractivity contribution >= 4 is 27.5 Å². The summed E-state index contributed by atoms with van der Waals surface area (Å²) in [5, 5.41) is 3.34. The van der Waals surface area contributed by atoms with E-state index in [1.54, 1.807) is 31.4 Å². The molecule has 0 unspecified atom stereocenters. The van der Waals surface area contributed by atoms with Crippen LogP contribution in [0.5, 0.6) is 5.75 Å². The Bertz CT molecular complexity index is 965. The highest BCUT2D eigenvalue weighted by Gasteiger charge is 2.32. The lowest BCUT2D eigenvalue weighted by Crippen LogP contribution is -2.45. The summed E-state index contributed by atoms with van der Waals surface area (Å²) in [6.07, 6.45) is 1.31. The van der Waals surface area contributed by atoms with Crippen LogP contribution in [0.15, 0.2) is 48.5 Å². The Morgan fingerprint density at radius 1 is 1.17 bits per heavy atom. The van der Waals surface area contributed by atoms with E-state index in [9.17, 15) is 13.2 Å². The fourth-order valence-corrected chi connectivity index (χ4v) is 5.41. The summed E-state index contributed by atoms with van der Waals surface area (Å²) in [5.74, 6) is 0.0239. The van der Waals surface area contributed by atoms with Gasteiger partial charge in [-0.3, -0.25) is 4.79 Å². The standard InChI is InChI=1S/C21H25ClN2O4S/c1-28-20-11-5-3-7-16(20)13-23-21(25)17-9-6-12-24(14-17)29(26,27)15-18-8-2-4-10-19(18)22/h2-5,7-8,10-11,17H,6,9,12-15H2,1H3,(H,23,25)/t17-/m0/s1. The van der Waals surface area contributed by atoms with E-state index in [0.717, 1.165) is 5.56 Å². The number of nitrogens with zero attached hydrogens (tertiary/aromatic N) is 1. The summed E-state index contributed by atoms with van der Waals surface area (Å²) < 4.78 is 32.4. The number of methoxy groups -OCH3 is 1. The van der Waals surface area contributed by atoms with Crippen LogP contribution in [0.2, 0.25) is 5.02 Å².